The Labute approximate surface area is 236 Å². The highest BCUT2D eigenvalue weighted by atomic mass is 32.2. The van der Waals surface area contributed by atoms with E-state index < -0.39 is 18.8 Å². The molecule has 0 radical (unpaired) electrons. The number of hydrogen-bond acceptors (Lipinski definition) is 6. The van der Waals surface area contributed by atoms with Crippen molar-refractivity contribution in [1.82, 2.24) is 15.2 Å². The quantitative estimate of drug-likeness (QED) is 0.269. The Balaban J connectivity index is 1.29. The van der Waals surface area contributed by atoms with Crippen LogP contribution in [0.3, 0.4) is 0 Å². The van der Waals surface area contributed by atoms with Gasteiger partial charge in [0, 0.05) is 22.4 Å². The first-order valence-electron chi connectivity index (χ1n) is 12.3. The number of anilines is 2. The highest BCUT2D eigenvalue weighted by molar-refractivity contribution is 8.15. The Bertz CT molecular complexity index is 1590. The van der Waals surface area contributed by atoms with E-state index >= 15 is 0 Å². The molecule has 41 heavy (non-hydrogen) atoms. The number of thioether (sulfide) groups is 1. The van der Waals surface area contributed by atoms with Crippen LogP contribution in [0.4, 0.5) is 29.3 Å². The number of H-pyrrole nitrogens is 1. The number of nitrogens with one attached hydrogen (secondary N) is 2. The molecule has 210 valence electrons. The molecule has 0 spiro atoms. The van der Waals surface area contributed by atoms with Crippen LogP contribution in [-0.4, -0.2) is 50.8 Å². The first-order valence-corrected chi connectivity index (χ1v) is 13.3. The van der Waals surface area contributed by atoms with Gasteiger partial charge in [-0.25, -0.2) is 9.78 Å². The van der Waals surface area contributed by atoms with Gasteiger partial charge in [-0.3, -0.25) is 14.8 Å². The molecule has 0 aliphatic carbocycles. The summed E-state index contributed by atoms with van der Waals surface area (Å²) in [5.41, 5.74) is 3.55. The van der Waals surface area contributed by atoms with Crippen molar-refractivity contribution in [2.45, 2.75) is 19.7 Å². The maximum atomic E-state index is 12.8. The van der Waals surface area contributed by atoms with E-state index in [9.17, 15) is 22.8 Å². The highest BCUT2D eigenvalue weighted by Gasteiger charge is 2.33. The van der Waals surface area contributed by atoms with E-state index in [-0.39, 0.29) is 23.4 Å². The monoisotopic (exact) mass is 580 g/mol. The molecule has 2 heterocycles. The minimum absolute atomic E-state index is 0.0275. The zero-order chi connectivity index (χ0) is 29.0. The number of amides is 3. The van der Waals surface area contributed by atoms with Crippen LogP contribution in [0.15, 0.2) is 77.8 Å². The third kappa shape index (κ3) is 6.99. The number of aromatic amines is 1. The number of rotatable bonds is 7. The molecule has 1 fully saturated rings. The summed E-state index contributed by atoms with van der Waals surface area (Å²) < 4.78 is 42.6. The predicted molar refractivity (Wildman–Crippen MR) is 151 cm³/mol. The van der Waals surface area contributed by atoms with Crippen molar-refractivity contribution >= 4 is 40.2 Å². The van der Waals surface area contributed by atoms with Gasteiger partial charge in [0.15, 0.2) is 16.8 Å². The maximum absolute atomic E-state index is 12.8. The molecule has 5 rings (SSSR count). The second-order valence-electron chi connectivity index (χ2n) is 9.03. The van der Waals surface area contributed by atoms with Crippen molar-refractivity contribution in [2.24, 2.45) is 4.99 Å². The van der Waals surface area contributed by atoms with Crippen LogP contribution >= 0.6 is 11.8 Å². The first-order chi connectivity index (χ1) is 19.7. The SMILES string of the molecule is Cc1ccc(COCC(F)(F)F)c(N2C(=O)CS/C2=N\C(=O)Nc2ccc(-c3nc(-c4ccccc4)n[nH]3)cc2)c1. The van der Waals surface area contributed by atoms with Crippen molar-refractivity contribution in [3.63, 3.8) is 0 Å². The van der Waals surface area contributed by atoms with E-state index in [2.05, 4.69) is 25.5 Å². The molecule has 1 aliphatic heterocycles. The fraction of sp³-hybridized carbons (Fsp3) is 0.179. The van der Waals surface area contributed by atoms with E-state index in [1.54, 1.807) is 49.4 Å². The van der Waals surface area contributed by atoms with Gasteiger partial charge in [0.05, 0.1) is 18.0 Å². The standard InChI is InChI=1S/C28H23F3N6O3S/c1-17-7-8-20(14-40-16-28(29,30)31)22(13-17)37-23(38)15-41-27(37)34-26(39)32-21-11-9-19(10-12-21)25-33-24(35-36-25)18-5-3-2-4-6-18/h2-13H,14-16H2,1H3,(H,32,39)(H,33,35,36)/b34-27-. The first kappa shape index (κ1) is 28.1. The number of aryl methyl sites for hydroxylation is 1. The number of alkyl halides is 3. The Morgan fingerprint density at radius 2 is 1.85 bits per heavy atom. The number of carbonyl (C=O) groups is 2. The van der Waals surface area contributed by atoms with Gasteiger partial charge in [-0.1, -0.05) is 54.2 Å². The number of aromatic nitrogens is 3. The number of ether oxygens (including phenoxy) is 1. The Kier molecular flexibility index (Phi) is 8.17. The third-order valence-corrected chi connectivity index (χ3v) is 6.82. The van der Waals surface area contributed by atoms with E-state index in [1.165, 1.54) is 4.90 Å². The molecule has 1 saturated heterocycles. The lowest BCUT2D eigenvalue weighted by atomic mass is 10.1. The summed E-state index contributed by atoms with van der Waals surface area (Å²) in [7, 11) is 0. The molecule has 0 bridgehead atoms. The Hall–Kier alpha value is -4.49. The summed E-state index contributed by atoms with van der Waals surface area (Å²) >= 11 is 1.06. The lowest BCUT2D eigenvalue weighted by Crippen LogP contribution is -2.31. The minimum Gasteiger partial charge on any atom is -0.367 e. The van der Waals surface area contributed by atoms with Crippen molar-refractivity contribution in [3.8, 4) is 22.8 Å². The average molecular weight is 581 g/mol. The summed E-state index contributed by atoms with van der Waals surface area (Å²) in [5.74, 6) is 0.799. The molecule has 1 aliphatic rings. The van der Waals surface area contributed by atoms with Gasteiger partial charge in [-0.05, 0) is 42.8 Å². The number of hydrogen-bond donors (Lipinski definition) is 2. The molecule has 1 aromatic heterocycles. The molecule has 3 amide bonds. The van der Waals surface area contributed by atoms with Crippen molar-refractivity contribution in [3.05, 3.63) is 83.9 Å². The number of carbonyl (C=O) groups excluding carboxylic acids is 2. The van der Waals surface area contributed by atoms with Gasteiger partial charge in [0.25, 0.3) is 0 Å². The minimum atomic E-state index is -4.48. The van der Waals surface area contributed by atoms with Crippen LogP contribution in [0.2, 0.25) is 0 Å². The lowest BCUT2D eigenvalue weighted by molar-refractivity contribution is -0.176. The number of amidine groups is 1. The molecule has 3 aromatic carbocycles. The summed E-state index contributed by atoms with van der Waals surface area (Å²) in [6.07, 6.45) is -4.48. The van der Waals surface area contributed by atoms with E-state index in [4.69, 9.17) is 4.74 Å². The third-order valence-electron chi connectivity index (χ3n) is 5.89. The van der Waals surface area contributed by atoms with Crippen LogP contribution in [0.25, 0.3) is 22.8 Å². The van der Waals surface area contributed by atoms with Crippen LogP contribution in [0.1, 0.15) is 11.1 Å². The van der Waals surface area contributed by atoms with Crippen LogP contribution in [0, 0.1) is 6.92 Å². The summed E-state index contributed by atoms with van der Waals surface area (Å²) in [4.78, 5) is 35.3. The largest absolute Gasteiger partial charge is 0.411 e. The number of urea groups is 1. The summed E-state index contributed by atoms with van der Waals surface area (Å²) in [5, 5.41) is 9.94. The number of benzene rings is 3. The Morgan fingerprint density at radius 1 is 1.10 bits per heavy atom. The van der Waals surface area contributed by atoms with Gasteiger partial charge in [-0.2, -0.15) is 23.3 Å². The van der Waals surface area contributed by atoms with Gasteiger partial charge >= 0.3 is 12.2 Å². The zero-order valence-corrected chi connectivity index (χ0v) is 22.4. The molecule has 9 nitrogen and oxygen atoms in total. The Morgan fingerprint density at radius 3 is 2.59 bits per heavy atom. The second kappa shape index (κ2) is 11.9. The molecular formula is C28H23F3N6O3S. The fourth-order valence-electron chi connectivity index (χ4n) is 4.02. The van der Waals surface area contributed by atoms with Crippen molar-refractivity contribution < 1.29 is 27.5 Å². The number of nitrogens with zero attached hydrogens (tertiary/aromatic N) is 4. The molecule has 13 heteroatoms. The summed E-state index contributed by atoms with van der Waals surface area (Å²) in [6.45, 7) is -0.00477. The second-order valence-corrected chi connectivity index (χ2v) is 9.98. The molecule has 2 N–H and O–H groups in total. The van der Waals surface area contributed by atoms with Crippen molar-refractivity contribution in [1.29, 1.82) is 0 Å². The van der Waals surface area contributed by atoms with Crippen molar-refractivity contribution in [2.75, 3.05) is 22.6 Å². The van der Waals surface area contributed by atoms with Gasteiger partial charge < -0.3 is 10.1 Å². The molecule has 0 saturated carbocycles. The van der Waals surface area contributed by atoms with Crippen LogP contribution < -0.4 is 10.2 Å². The average Bonchev–Trinajstić information content (AvgIpc) is 3.57. The van der Waals surface area contributed by atoms with Crippen LogP contribution in [-0.2, 0) is 16.1 Å². The van der Waals surface area contributed by atoms with E-state index in [0.29, 0.717) is 28.6 Å². The number of aliphatic imine (C=N–C) groups is 1. The molecule has 0 unspecified atom stereocenters. The van der Waals surface area contributed by atoms with E-state index in [0.717, 1.165) is 28.5 Å². The molecule has 0 atom stereocenters. The predicted octanol–water partition coefficient (Wildman–Crippen LogP) is 6.19. The summed E-state index contributed by atoms with van der Waals surface area (Å²) in [6, 6.07) is 20.6. The highest BCUT2D eigenvalue weighted by Crippen LogP contribution is 2.32. The molecular weight excluding hydrogens is 557 g/mol. The smallest absolute Gasteiger partial charge is 0.367 e. The van der Waals surface area contributed by atoms with Crippen LogP contribution in [0.5, 0.6) is 0 Å². The molecule has 4 aromatic rings. The van der Waals surface area contributed by atoms with Gasteiger partial charge in [0.1, 0.15) is 6.61 Å². The zero-order valence-electron chi connectivity index (χ0n) is 21.6. The normalized spacial score (nSPS) is 14.6. The number of halogens is 3. The lowest BCUT2D eigenvalue weighted by Gasteiger charge is -2.20. The van der Waals surface area contributed by atoms with Gasteiger partial charge in [0.2, 0.25) is 5.91 Å². The van der Waals surface area contributed by atoms with E-state index in [1.807, 2.05) is 30.3 Å². The maximum Gasteiger partial charge on any atom is 0.411 e. The fourth-order valence-corrected chi connectivity index (χ4v) is 4.88. The topological polar surface area (TPSA) is 113 Å². The van der Waals surface area contributed by atoms with Gasteiger partial charge in [-0.15, -0.1) is 0 Å².